The summed E-state index contributed by atoms with van der Waals surface area (Å²) in [6.45, 7) is 1.67. The zero-order chi connectivity index (χ0) is 14.8. The molecule has 0 amide bonds. The Morgan fingerprint density at radius 3 is 2.65 bits per heavy atom. The van der Waals surface area contributed by atoms with Crippen LogP contribution in [0.3, 0.4) is 0 Å². The molecule has 1 aliphatic carbocycles. The quantitative estimate of drug-likeness (QED) is 0.638. The lowest BCUT2D eigenvalue weighted by Gasteiger charge is -2.23. The molecule has 6 heteroatoms. The van der Waals surface area contributed by atoms with Crippen molar-refractivity contribution in [2.24, 2.45) is 0 Å². The lowest BCUT2D eigenvalue weighted by Crippen LogP contribution is -2.32. The first-order chi connectivity index (χ1) is 9.41. The number of aliphatic hydroxyl groups excluding tert-OH is 1. The Kier molecular flexibility index (Phi) is 4.25. The van der Waals surface area contributed by atoms with Gasteiger partial charge in [0.15, 0.2) is 0 Å². The fourth-order valence-corrected chi connectivity index (χ4v) is 2.50. The minimum absolute atomic E-state index is 0.0900. The van der Waals surface area contributed by atoms with E-state index in [1.54, 1.807) is 0 Å². The van der Waals surface area contributed by atoms with Gasteiger partial charge >= 0.3 is 0 Å². The van der Waals surface area contributed by atoms with Crippen molar-refractivity contribution in [2.75, 3.05) is 6.61 Å². The Morgan fingerprint density at radius 1 is 1.45 bits per heavy atom. The summed E-state index contributed by atoms with van der Waals surface area (Å²) in [5.74, 6) is 0.380. The molecule has 0 heterocycles. The summed E-state index contributed by atoms with van der Waals surface area (Å²) in [5.41, 5.74) is -0.550. The van der Waals surface area contributed by atoms with E-state index in [2.05, 4.69) is 0 Å². The number of non-ortho nitro benzene ring substituents is 1. The molecule has 110 valence electrons. The Balaban J connectivity index is 2.16. The topological polar surface area (TPSA) is 92.8 Å². The normalized spacial score (nSPS) is 18.8. The molecule has 0 bridgehead atoms. The van der Waals surface area contributed by atoms with E-state index in [9.17, 15) is 20.3 Å². The second kappa shape index (κ2) is 5.76. The molecule has 20 heavy (non-hydrogen) atoms. The first kappa shape index (κ1) is 14.7. The van der Waals surface area contributed by atoms with Crippen molar-refractivity contribution in [3.63, 3.8) is 0 Å². The summed E-state index contributed by atoms with van der Waals surface area (Å²) >= 11 is 0. The molecule has 2 rings (SSSR count). The fourth-order valence-electron chi connectivity index (χ4n) is 2.50. The average Bonchev–Trinajstić information content (AvgIpc) is 2.83. The molecule has 1 aromatic rings. The number of benzene rings is 1. The molecule has 0 unspecified atom stereocenters. The molecule has 6 nitrogen and oxygen atoms in total. The van der Waals surface area contributed by atoms with Gasteiger partial charge < -0.3 is 14.9 Å². The molecule has 0 aromatic heterocycles. The van der Waals surface area contributed by atoms with Gasteiger partial charge in [-0.25, -0.2) is 0 Å². The van der Waals surface area contributed by atoms with E-state index < -0.39 is 16.6 Å². The van der Waals surface area contributed by atoms with Crippen LogP contribution in [-0.2, 0) is 0 Å². The summed E-state index contributed by atoms with van der Waals surface area (Å²) < 4.78 is 5.59. The number of ether oxygens (including phenoxy) is 1. The van der Waals surface area contributed by atoms with Gasteiger partial charge in [0.05, 0.1) is 16.6 Å². The van der Waals surface area contributed by atoms with Crippen LogP contribution >= 0.6 is 0 Å². The molecule has 1 saturated carbocycles. The Labute approximate surface area is 117 Å². The Bertz CT molecular complexity index is 494. The van der Waals surface area contributed by atoms with Gasteiger partial charge in [-0.15, -0.1) is 0 Å². The highest BCUT2D eigenvalue weighted by Crippen LogP contribution is 2.33. The zero-order valence-electron chi connectivity index (χ0n) is 11.4. The van der Waals surface area contributed by atoms with Gasteiger partial charge in [-0.1, -0.05) is 12.8 Å². The highest BCUT2D eigenvalue weighted by Gasteiger charge is 2.32. The molecule has 1 aromatic carbocycles. The molecule has 1 fully saturated rings. The molecule has 0 saturated heterocycles. The lowest BCUT2D eigenvalue weighted by molar-refractivity contribution is -0.385. The second-order valence-electron chi connectivity index (χ2n) is 5.38. The van der Waals surface area contributed by atoms with Crippen LogP contribution < -0.4 is 4.74 Å². The highest BCUT2D eigenvalue weighted by atomic mass is 16.6. The van der Waals surface area contributed by atoms with E-state index >= 15 is 0 Å². The van der Waals surface area contributed by atoms with Gasteiger partial charge in [0, 0.05) is 17.7 Å². The minimum Gasteiger partial charge on any atom is -0.490 e. The third-order valence-electron chi connectivity index (χ3n) is 3.68. The first-order valence-electron chi connectivity index (χ1n) is 6.73. The third kappa shape index (κ3) is 3.26. The number of nitro groups is 1. The van der Waals surface area contributed by atoms with Crippen LogP contribution in [0.25, 0.3) is 0 Å². The minimum atomic E-state index is -0.872. The van der Waals surface area contributed by atoms with Gasteiger partial charge in [0.2, 0.25) is 0 Å². The van der Waals surface area contributed by atoms with Crippen LogP contribution in [0.1, 0.15) is 44.3 Å². The molecule has 2 N–H and O–H groups in total. The van der Waals surface area contributed by atoms with Crippen molar-refractivity contribution in [1.29, 1.82) is 0 Å². The second-order valence-corrected chi connectivity index (χ2v) is 5.38. The first-order valence-corrected chi connectivity index (χ1v) is 6.73. The number of aliphatic hydroxyl groups is 2. The maximum Gasteiger partial charge on any atom is 0.270 e. The van der Waals surface area contributed by atoms with E-state index in [1.807, 2.05) is 0 Å². The zero-order valence-corrected chi connectivity index (χ0v) is 11.4. The predicted octanol–water partition coefficient (Wildman–Crippen LogP) is 2.33. The van der Waals surface area contributed by atoms with Crippen LogP contribution in [-0.4, -0.2) is 27.3 Å². The van der Waals surface area contributed by atoms with Crippen LogP contribution in [0.15, 0.2) is 18.2 Å². The van der Waals surface area contributed by atoms with Crippen molar-refractivity contribution in [3.05, 3.63) is 33.9 Å². The number of nitro benzene ring substituents is 1. The SMILES string of the molecule is C[C@@H](O)c1cc([N+](=O)[O-])ccc1OCC1(O)CCCC1. The van der Waals surface area contributed by atoms with Crippen LogP contribution in [0.4, 0.5) is 5.69 Å². The van der Waals surface area contributed by atoms with E-state index in [0.717, 1.165) is 12.8 Å². The van der Waals surface area contributed by atoms with Gasteiger partial charge in [0.1, 0.15) is 12.4 Å². The van der Waals surface area contributed by atoms with Gasteiger partial charge in [-0.05, 0) is 25.8 Å². The molecule has 0 spiro atoms. The summed E-state index contributed by atoms with van der Waals surface area (Å²) in [5, 5.41) is 30.7. The van der Waals surface area contributed by atoms with Crippen molar-refractivity contribution in [1.82, 2.24) is 0 Å². The van der Waals surface area contributed by atoms with E-state index in [-0.39, 0.29) is 12.3 Å². The van der Waals surface area contributed by atoms with E-state index in [0.29, 0.717) is 24.2 Å². The molecule has 0 radical (unpaired) electrons. The summed E-state index contributed by atoms with van der Waals surface area (Å²) in [6, 6.07) is 4.11. The van der Waals surface area contributed by atoms with Gasteiger partial charge in [0.25, 0.3) is 5.69 Å². The lowest BCUT2D eigenvalue weighted by atomic mass is 10.0. The highest BCUT2D eigenvalue weighted by molar-refractivity contribution is 5.44. The molecular weight excluding hydrogens is 262 g/mol. The molecule has 0 aliphatic heterocycles. The van der Waals surface area contributed by atoms with Gasteiger partial charge in [-0.2, -0.15) is 0 Å². The number of hydrogen-bond acceptors (Lipinski definition) is 5. The van der Waals surface area contributed by atoms with Crippen molar-refractivity contribution in [2.45, 2.75) is 44.3 Å². The Hall–Kier alpha value is -1.66. The standard InChI is InChI=1S/C14H19NO5/c1-10(16)12-8-11(15(18)19)4-5-13(12)20-9-14(17)6-2-3-7-14/h4-5,8,10,16-17H,2-3,6-7,9H2,1H3/t10-/m1/s1. The predicted molar refractivity (Wildman–Crippen MR) is 72.6 cm³/mol. The Morgan fingerprint density at radius 2 is 2.10 bits per heavy atom. The third-order valence-corrected chi connectivity index (χ3v) is 3.68. The van der Waals surface area contributed by atoms with Crippen molar-refractivity contribution in [3.8, 4) is 5.75 Å². The summed E-state index contributed by atoms with van der Waals surface area (Å²) in [7, 11) is 0. The number of hydrogen-bond donors (Lipinski definition) is 2. The number of rotatable bonds is 5. The van der Waals surface area contributed by atoms with Crippen molar-refractivity contribution >= 4 is 5.69 Å². The van der Waals surface area contributed by atoms with Crippen LogP contribution in [0.5, 0.6) is 5.75 Å². The maximum atomic E-state index is 10.7. The monoisotopic (exact) mass is 281 g/mol. The largest absolute Gasteiger partial charge is 0.490 e. The van der Waals surface area contributed by atoms with Crippen molar-refractivity contribution < 1.29 is 19.9 Å². The van der Waals surface area contributed by atoms with Gasteiger partial charge in [-0.3, -0.25) is 10.1 Å². The number of nitrogens with zero attached hydrogens (tertiary/aromatic N) is 1. The summed E-state index contributed by atoms with van der Waals surface area (Å²) in [4.78, 5) is 10.2. The summed E-state index contributed by atoms with van der Waals surface area (Å²) in [6.07, 6.45) is 2.48. The average molecular weight is 281 g/mol. The maximum absolute atomic E-state index is 10.7. The van der Waals surface area contributed by atoms with Crippen LogP contribution in [0.2, 0.25) is 0 Å². The van der Waals surface area contributed by atoms with Crippen LogP contribution in [0, 0.1) is 10.1 Å². The molecular formula is C14H19NO5. The fraction of sp³-hybridized carbons (Fsp3) is 0.571. The smallest absolute Gasteiger partial charge is 0.270 e. The molecule has 1 aliphatic rings. The molecule has 1 atom stereocenters. The van der Waals surface area contributed by atoms with E-state index in [4.69, 9.17) is 4.74 Å². The van der Waals surface area contributed by atoms with E-state index in [1.165, 1.54) is 25.1 Å².